The molecule has 0 aliphatic heterocycles. The summed E-state index contributed by atoms with van der Waals surface area (Å²) >= 11 is 0. The molecule has 124 valence electrons. The van der Waals surface area contributed by atoms with E-state index in [0.717, 1.165) is 22.4 Å². The Morgan fingerprint density at radius 1 is 1.12 bits per heavy atom. The van der Waals surface area contributed by atoms with Gasteiger partial charge in [-0.15, -0.1) is 0 Å². The maximum atomic E-state index is 11.2. The summed E-state index contributed by atoms with van der Waals surface area (Å²) in [6.45, 7) is 6.04. The molecule has 4 heteroatoms. The highest BCUT2D eigenvalue weighted by Crippen LogP contribution is 2.25. The van der Waals surface area contributed by atoms with Crippen molar-refractivity contribution in [3.8, 4) is 0 Å². The second kappa shape index (κ2) is 6.48. The number of imidazole rings is 1. The first kappa shape index (κ1) is 16.2. The number of carbonyl (C=O) groups is 1. The van der Waals surface area contributed by atoms with Crippen molar-refractivity contribution in [3.63, 3.8) is 0 Å². The number of rotatable bonds is 5. The SMILES string of the molecule is Cc1ccc(Cc2nc3cc(C)ccc3n2C(C)CC(=O)O)cc1. The summed E-state index contributed by atoms with van der Waals surface area (Å²) in [5, 5.41) is 9.18. The summed E-state index contributed by atoms with van der Waals surface area (Å²) < 4.78 is 2.07. The van der Waals surface area contributed by atoms with Gasteiger partial charge in [0.1, 0.15) is 5.82 Å². The second-order valence-electron chi connectivity index (χ2n) is 6.50. The molecule has 3 rings (SSSR count). The van der Waals surface area contributed by atoms with E-state index in [2.05, 4.69) is 41.8 Å². The van der Waals surface area contributed by atoms with Crippen LogP contribution < -0.4 is 0 Å². The quantitative estimate of drug-likeness (QED) is 0.763. The molecule has 0 saturated carbocycles. The summed E-state index contributed by atoms with van der Waals surface area (Å²) in [5.41, 5.74) is 5.48. The zero-order valence-electron chi connectivity index (χ0n) is 14.3. The summed E-state index contributed by atoms with van der Waals surface area (Å²) in [6, 6.07) is 14.4. The molecule has 1 atom stereocenters. The van der Waals surface area contributed by atoms with Gasteiger partial charge in [0.05, 0.1) is 17.5 Å². The van der Waals surface area contributed by atoms with Crippen LogP contribution in [-0.4, -0.2) is 20.6 Å². The average Bonchev–Trinajstić information content (AvgIpc) is 2.85. The van der Waals surface area contributed by atoms with Gasteiger partial charge in [-0.1, -0.05) is 35.9 Å². The average molecular weight is 322 g/mol. The normalized spacial score (nSPS) is 12.5. The van der Waals surface area contributed by atoms with Crippen molar-refractivity contribution >= 4 is 17.0 Å². The van der Waals surface area contributed by atoms with Gasteiger partial charge in [-0.3, -0.25) is 4.79 Å². The lowest BCUT2D eigenvalue weighted by molar-refractivity contribution is -0.137. The van der Waals surface area contributed by atoms with Crippen molar-refractivity contribution in [3.05, 3.63) is 65.0 Å². The number of aryl methyl sites for hydroxylation is 2. The minimum Gasteiger partial charge on any atom is -0.481 e. The van der Waals surface area contributed by atoms with Gasteiger partial charge in [-0.2, -0.15) is 0 Å². The Bertz CT molecular complexity index is 879. The lowest BCUT2D eigenvalue weighted by Crippen LogP contribution is -2.13. The fourth-order valence-corrected chi connectivity index (χ4v) is 3.11. The number of carboxylic acids is 1. The number of fused-ring (bicyclic) bond motifs is 1. The van der Waals surface area contributed by atoms with Crippen molar-refractivity contribution in [2.24, 2.45) is 0 Å². The fraction of sp³-hybridized carbons (Fsp3) is 0.300. The van der Waals surface area contributed by atoms with Crippen molar-refractivity contribution in [1.82, 2.24) is 9.55 Å². The van der Waals surface area contributed by atoms with Crippen molar-refractivity contribution in [2.45, 2.75) is 39.7 Å². The van der Waals surface area contributed by atoms with Gasteiger partial charge < -0.3 is 9.67 Å². The molecule has 0 radical (unpaired) electrons. The van der Waals surface area contributed by atoms with Crippen LogP contribution in [0, 0.1) is 13.8 Å². The van der Waals surface area contributed by atoms with E-state index >= 15 is 0 Å². The molecule has 1 heterocycles. The predicted molar refractivity (Wildman–Crippen MR) is 95.4 cm³/mol. The minimum atomic E-state index is -0.794. The Kier molecular flexibility index (Phi) is 4.38. The monoisotopic (exact) mass is 322 g/mol. The van der Waals surface area contributed by atoms with E-state index in [9.17, 15) is 9.90 Å². The van der Waals surface area contributed by atoms with Crippen LogP contribution in [-0.2, 0) is 11.2 Å². The van der Waals surface area contributed by atoms with E-state index in [4.69, 9.17) is 4.98 Å². The van der Waals surface area contributed by atoms with Crippen LogP contribution in [0.5, 0.6) is 0 Å². The first-order valence-electron chi connectivity index (χ1n) is 8.19. The number of hydrogen-bond acceptors (Lipinski definition) is 2. The highest BCUT2D eigenvalue weighted by atomic mass is 16.4. The molecule has 1 aromatic heterocycles. The topological polar surface area (TPSA) is 55.1 Å². The third kappa shape index (κ3) is 3.32. The molecule has 0 fully saturated rings. The third-order valence-electron chi connectivity index (χ3n) is 4.31. The number of carboxylic acid groups (broad SMARTS) is 1. The molecule has 3 aromatic rings. The zero-order valence-corrected chi connectivity index (χ0v) is 14.3. The fourth-order valence-electron chi connectivity index (χ4n) is 3.11. The number of aromatic nitrogens is 2. The third-order valence-corrected chi connectivity index (χ3v) is 4.31. The molecule has 0 amide bonds. The Balaban J connectivity index is 2.07. The lowest BCUT2D eigenvalue weighted by Gasteiger charge is -2.16. The largest absolute Gasteiger partial charge is 0.481 e. The first-order chi connectivity index (χ1) is 11.4. The Labute approximate surface area is 141 Å². The van der Waals surface area contributed by atoms with Gasteiger partial charge >= 0.3 is 5.97 Å². The molecule has 1 unspecified atom stereocenters. The van der Waals surface area contributed by atoms with E-state index in [1.807, 2.05) is 26.0 Å². The van der Waals surface area contributed by atoms with E-state index in [1.165, 1.54) is 11.1 Å². The minimum absolute atomic E-state index is 0.0836. The highest BCUT2D eigenvalue weighted by Gasteiger charge is 2.18. The van der Waals surface area contributed by atoms with Gasteiger partial charge in [-0.05, 0) is 44.0 Å². The van der Waals surface area contributed by atoms with E-state index in [-0.39, 0.29) is 12.5 Å². The Morgan fingerprint density at radius 2 is 1.79 bits per heavy atom. The van der Waals surface area contributed by atoms with E-state index < -0.39 is 5.97 Å². The molecular weight excluding hydrogens is 300 g/mol. The van der Waals surface area contributed by atoms with Gasteiger partial charge in [0, 0.05) is 12.5 Å². The number of hydrogen-bond donors (Lipinski definition) is 1. The molecule has 4 nitrogen and oxygen atoms in total. The number of aliphatic carboxylic acids is 1. The smallest absolute Gasteiger partial charge is 0.305 e. The molecular formula is C20H22N2O2. The maximum Gasteiger partial charge on any atom is 0.305 e. The van der Waals surface area contributed by atoms with E-state index in [1.54, 1.807) is 0 Å². The van der Waals surface area contributed by atoms with Gasteiger partial charge in [0.15, 0.2) is 0 Å². The lowest BCUT2D eigenvalue weighted by atomic mass is 10.1. The molecule has 0 aliphatic rings. The summed E-state index contributed by atoms with van der Waals surface area (Å²) in [6.07, 6.45) is 0.776. The summed E-state index contributed by atoms with van der Waals surface area (Å²) in [5.74, 6) is 0.117. The molecule has 0 saturated heterocycles. The first-order valence-corrected chi connectivity index (χ1v) is 8.19. The Hall–Kier alpha value is -2.62. The van der Waals surface area contributed by atoms with E-state index in [0.29, 0.717) is 6.42 Å². The molecule has 2 aromatic carbocycles. The van der Waals surface area contributed by atoms with Crippen molar-refractivity contribution in [2.75, 3.05) is 0 Å². The molecule has 0 spiro atoms. The van der Waals surface area contributed by atoms with Crippen LogP contribution in [0.25, 0.3) is 11.0 Å². The van der Waals surface area contributed by atoms with Crippen LogP contribution in [0.15, 0.2) is 42.5 Å². The van der Waals surface area contributed by atoms with Crippen LogP contribution in [0.2, 0.25) is 0 Å². The maximum absolute atomic E-state index is 11.2. The number of nitrogens with zero attached hydrogens (tertiary/aromatic N) is 2. The van der Waals surface area contributed by atoms with Crippen LogP contribution in [0.1, 0.15) is 41.9 Å². The standard InChI is InChI=1S/C20H22N2O2/c1-13-4-7-16(8-5-13)12-19-21-17-10-14(2)6-9-18(17)22(19)15(3)11-20(23)24/h4-10,15H,11-12H2,1-3H3,(H,23,24). The predicted octanol–water partition coefficient (Wildman–Crippen LogP) is 4.28. The van der Waals surface area contributed by atoms with Gasteiger partial charge in [0.25, 0.3) is 0 Å². The molecule has 1 N–H and O–H groups in total. The van der Waals surface area contributed by atoms with Crippen LogP contribution in [0.4, 0.5) is 0 Å². The molecule has 24 heavy (non-hydrogen) atoms. The van der Waals surface area contributed by atoms with Gasteiger partial charge in [-0.25, -0.2) is 4.98 Å². The van der Waals surface area contributed by atoms with Gasteiger partial charge in [0.2, 0.25) is 0 Å². The second-order valence-corrected chi connectivity index (χ2v) is 6.50. The molecule has 0 aliphatic carbocycles. The summed E-state index contributed by atoms with van der Waals surface area (Å²) in [4.78, 5) is 16.0. The summed E-state index contributed by atoms with van der Waals surface area (Å²) in [7, 11) is 0. The van der Waals surface area contributed by atoms with Crippen molar-refractivity contribution < 1.29 is 9.90 Å². The van der Waals surface area contributed by atoms with Crippen LogP contribution >= 0.6 is 0 Å². The zero-order chi connectivity index (χ0) is 17.3. The number of benzene rings is 2. The van der Waals surface area contributed by atoms with Crippen LogP contribution in [0.3, 0.4) is 0 Å². The van der Waals surface area contributed by atoms with Crippen molar-refractivity contribution in [1.29, 1.82) is 0 Å². The Morgan fingerprint density at radius 3 is 2.46 bits per heavy atom. The highest BCUT2D eigenvalue weighted by molar-refractivity contribution is 5.77. The molecule has 0 bridgehead atoms.